The molecule has 0 aromatic heterocycles. The van der Waals surface area contributed by atoms with Gasteiger partial charge in [-0.15, -0.1) is 9.81 Å². The molecule has 0 spiro atoms. The van der Waals surface area contributed by atoms with Crippen LogP contribution in [0.25, 0.3) is 0 Å². The van der Waals surface area contributed by atoms with Crippen LogP contribution in [0, 0.1) is 9.81 Å². The number of halogens is 4. The summed E-state index contributed by atoms with van der Waals surface area (Å²) >= 11 is 0. The van der Waals surface area contributed by atoms with E-state index in [1.807, 2.05) is 0 Å². The first-order chi connectivity index (χ1) is 5.79. The van der Waals surface area contributed by atoms with Gasteiger partial charge in [-0.25, -0.2) is 4.79 Å². The van der Waals surface area contributed by atoms with Crippen LogP contribution in [-0.4, -0.2) is 17.9 Å². The second-order valence-corrected chi connectivity index (χ2v) is 1.66. The van der Waals surface area contributed by atoms with Gasteiger partial charge in [0.05, 0.1) is 0 Å². The molecule has 74 valence electrons. The minimum Gasteiger partial charge on any atom is -0.277 e. The van der Waals surface area contributed by atoms with Gasteiger partial charge in [0.15, 0.2) is 5.34 Å². The molecule has 0 unspecified atom stereocenters. The highest BCUT2D eigenvalue weighted by molar-refractivity contribution is 5.78. The van der Waals surface area contributed by atoms with Crippen molar-refractivity contribution in [1.82, 2.24) is 0 Å². The average Bonchev–Trinajstić information content (AvgIpc) is 2.04. The SMILES string of the molecule is O=NOC(=O)C(F)(F)C(F)(F)N=O. The molecule has 0 fully saturated rings. The van der Waals surface area contributed by atoms with Gasteiger partial charge >= 0.3 is 17.9 Å². The molecule has 0 radical (unpaired) electrons. The van der Waals surface area contributed by atoms with Crippen LogP contribution >= 0.6 is 0 Å². The van der Waals surface area contributed by atoms with E-state index in [2.05, 4.69) is 4.84 Å². The average molecular weight is 204 g/mol. The van der Waals surface area contributed by atoms with Crippen molar-refractivity contribution in [3.8, 4) is 0 Å². The van der Waals surface area contributed by atoms with Crippen LogP contribution in [0.5, 0.6) is 0 Å². The Balaban J connectivity index is 4.83. The highest BCUT2D eigenvalue weighted by Gasteiger charge is 2.66. The van der Waals surface area contributed by atoms with Crippen molar-refractivity contribution >= 4 is 5.97 Å². The number of nitroso groups, excluding NO2 is 1. The standard InChI is InChI=1S/C3F4N2O4/c4-2(5,1(10)13-9-12)3(6,7)8-11. The molecule has 0 saturated heterocycles. The third-order valence-electron chi connectivity index (χ3n) is 0.869. The Kier molecular flexibility index (Phi) is 2.99. The summed E-state index contributed by atoms with van der Waals surface area (Å²) < 4.78 is 47.8. The van der Waals surface area contributed by atoms with Gasteiger partial charge in [0.1, 0.15) is 0 Å². The van der Waals surface area contributed by atoms with E-state index in [1.54, 1.807) is 0 Å². The Hall–Kier alpha value is -1.61. The number of hydrogen-bond donors (Lipinski definition) is 0. The summed E-state index contributed by atoms with van der Waals surface area (Å²) in [6, 6.07) is -5.48. The van der Waals surface area contributed by atoms with Crippen molar-refractivity contribution < 1.29 is 27.2 Å². The largest absolute Gasteiger partial charge is 0.451 e. The molecule has 0 aromatic carbocycles. The van der Waals surface area contributed by atoms with Crippen LogP contribution in [-0.2, 0) is 9.63 Å². The first-order valence-electron chi connectivity index (χ1n) is 2.44. The van der Waals surface area contributed by atoms with E-state index in [9.17, 15) is 27.3 Å². The highest BCUT2D eigenvalue weighted by Crippen LogP contribution is 2.36. The fourth-order valence-corrected chi connectivity index (χ4v) is 0.271. The summed E-state index contributed by atoms with van der Waals surface area (Å²) in [7, 11) is 0. The van der Waals surface area contributed by atoms with Gasteiger partial charge in [0, 0.05) is 5.18 Å². The molecule has 0 amide bonds. The summed E-state index contributed by atoms with van der Waals surface area (Å²) in [6.45, 7) is 0. The fraction of sp³-hybridized carbons (Fsp3) is 0.667. The van der Waals surface area contributed by atoms with E-state index in [1.165, 1.54) is 5.34 Å². The number of hydrogen-bond acceptors (Lipinski definition) is 6. The molecule has 0 aliphatic rings. The lowest BCUT2D eigenvalue weighted by atomic mass is 10.3. The monoisotopic (exact) mass is 204 g/mol. The Labute approximate surface area is 66.7 Å². The molecule has 10 heteroatoms. The predicted molar refractivity (Wildman–Crippen MR) is 27.6 cm³/mol. The Bertz CT molecular complexity index is 242. The van der Waals surface area contributed by atoms with Crippen LogP contribution in [0.15, 0.2) is 10.5 Å². The molecule has 0 saturated carbocycles. The van der Waals surface area contributed by atoms with Gasteiger partial charge in [0.2, 0.25) is 0 Å². The molecular weight excluding hydrogens is 204 g/mol. The third kappa shape index (κ3) is 1.95. The van der Waals surface area contributed by atoms with E-state index in [0.717, 1.165) is 5.18 Å². The van der Waals surface area contributed by atoms with Crippen molar-refractivity contribution in [1.29, 1.82) is 0 Å². The topological polar surface area (TPSA) is 85.2 Å². The van der Waals surface area contributed by atoms with E-state index in [0.29, 0.717) is 0 Å². The minimum absolute atomic E-state index is 0.718. The first-order valence-corrected chi connectivity index (χ1v) is 2.44. The molecule has 0 heterocycles. The van der Waals surface area contributed by atoms with Crippen LogP contribution < -0.4 is 0 Å². The van der Waals surface area contributed by atoms with Gasteiger partial charge in [-0.1, -0.05) is 0 Å². The maximum atomic E-state index is 12.1. The van der Waals surface area contributed by atoms with E-state index >= 15 is 0 Å². The molecule has 0 aliphatic carbocycles. The van der Waals surface area contributed by atoms with Gasteiger partial charge in [-0.2, -0.15) is 17.6 Å². The Morgan fingerprint density at radius 1 is 1.15 bits per heavy atom. The van der Waals surface area contributed by atoms with Crippen LogP contribution in [0.1, 0.15) is 0 Å². The number of rotatable bonds is 4. The van der Waals surface area contributed by atoms with Crippen molar-refractivity contribution in [2.24, 2.45) is 10.5 Å². The third-order valence-corrected chi connectivity index (χ3v) is 0.869. The number of alkyl halides is 4. The molecule has 0 bridgehead atoms. The summed E-state index contributed by atoms with van der Waals surface area (Å²) in [5, 5.41) is 1.91. The zero-order valence-corrected chi connectivity index (χ0v) is 5.54. The number of carbonyl (C=O) groups is 1. The number of carbonyl (C=O) groups excluding carboxylic acids is 1. The molecule has 6 nitrogen and oxygen atoms in total. The Morgan fingerprint density at radius 3 is 1.92 bits per heavy atom. The van der Waals surface area contributed by atoms with E-state index in [4.69, 9.17) is 4.91 Å². The Morgan fingerprint density at radius 2 is 1.62 bits per heavy atom. The maximum absolute atomic E-state index is 12.1. The molecule has 0 aromatic rings. The molecule has 0 N–H and O–H groups in total. The minimum atomic E-state index is -5.51. The van der Waals surface area contributed by atoms with E-state index in [-0.39, 0.29) is 0 Å². The van der Waals surface area contributed by atoms with Crippen LogP contribution in [0.4, 0.5) is 17.6 Å². The smallest absolute Gasteiger partial charge is 0.277 e. The molecular formula is C3F4N2O4. The molecule has 0 aliphatic heterocycles. The lowest BCUT2D eigenvalue weighted by molar-refractivity contribution is -0.226. The second kappa shape index (κ2) is 3.41. The molecule has 0 atom stereocenters. The van der Waals surface area contributed by atoms with Crippen LogP contribution in [0.3, 0.4) is 0 Å². The lowest BCUT2D eigenvalue weighted by Gasteiger charge is -2.15. The zero-order chi connectivity index (χ0) is 10.7. The van der Waals surface area contributed by atoms with Gasteiger partial charge in [-0.05, 0) is 0 Å². The highest BCUT2D eigenvalue weighted by atomic mass is 19.3. The summed E-state index contributed by atoms with van der Waals surface area (Å²) in [6.07, 6.45) is 0. The summed E-state index contributed by atoms with van der Waals surface area (Å²) in [4.78, 5) is 30.9. The van der Waals surface area contributed by atoms with Crippen molar-refractivity contribution in [2.75, 3.05) is 0 Å². The molecule has 0 rings (SSSR count). The lowest BCUT2D eigenvalue weighted by Crippen LogP contribution is -2.46. The summed E-state index contributed by atoms with van der Waals surface area (Å²) in [5.41, 5.74) is 0. The first kappa shape index (κ1) is 11.4. The van der Waals surface area contributed by atoms with Gasteiger partial charge < -0.3 is 0 Å². The second-order valence-electron chi connectivity index (χ2n) is 1.66. The predicted octanol–water partition coefficient (Wildman–Crippen LogP) is 1.21. The zero-order valence-electron chi connectivity index (χ0n) is 5.54. The van der Waals surface area contributed by atoms with Crippen molar-refractivity contribution in [2.45, 2.75) is 12.0 Å². The van der Waals surface area contributed by atoms with Gasteiger partial charge in [0.25, 0.3) is 0 Å². The molecule has 13 heavy (non-hydrogen) atoms. The number of nitrogens with zero attached hydrogens (tertiary/aromatic N) is 2. The van der Waals surface area contributed by atoms with Crippen molar-refractivity contribution in [3.05, 3.63) is 9.81 Å². The van der Waals surface area contributed by atoms with E-state index < -0.39 is 17.9 Å². The van der Waals surface area contributed by atoms with Gasteiger partial charge in [-0.3, -0.25) is 4.84 Å². The maximum Gasteiger partial charge on any atom is 0.451 e. The quantitative estimate of drug-likeness (QED) is 0.298. The van der Waals surface area contributed by atoms with Crippen molar-refractivity contribution in [3.63, 3.8) is 0 Å². The fourth-order valence-electron chi connectivity index (χ4n) is 0.271. The normalized spacial score (nSPS) is 12.0. The summed E-state index contributed by atoms with van der Waals surface area (Å²) in [5.74, 6) is -8.46. The van der Waals surface area contributed by atoms with Crippen LogP contribution in [0.2, 0.25) is 0 Å².